The lowest BCUT2D eigenvalue weighted by Gasteiger charge is -2.51. The van der Waals surface area contributed by atoms with Crippen molar-refractivity contribution in [3.63, 3.8) is 0 Å². The molecule has 2 fully saturated rings. The lowest BCUT2D eigenvalue weighted by atomic mass is 9.54. The molecule has 0 heterocycles. The second kappa shape index (κ2) is 7.53. The maximum atomic E-state index is 13.7. The van der Waals surface area contributed by atoms with Crippen molar-refractivity contribution in [2.75, 3.05) is 28.2 Å². The van der Waals surface area contributed by atoms with E-state index >= 15 is 0 Å². The normalized spacial score (nSPS) is 34.4. The lowest BCUT2D eigenvalue weighted by molar-refractivity contribution is -0.175. The summed E-state index contributed by atoms with van der Waals surface area (Å²) in [5.74, 6) is -8.41. The monoisotopic (exact) mass is 459 g/mol. The molecule has 1 amide bonds. The van der Waals surface area contributed by atoms with Gasteiger partial charge < -0.3 is 26.0 Å². The van der Waals surface area contributed by atoms with Crippen LogP contribution in [-0.2, 0) is 19.2 Å². The van der Waals surface area contributed by atoms with Crippen LogP contribution in [0.1, 0.15) is 25.7 Å². The van der Waals surface area contributed by atoms with Gasteiger partial charge in [0.1, 0.15) is 11.5 Å². The smallest absolute Gasteiger partial charge is 0.235 e. The van der Waals surface area contributed by atoms with Crippen LogP contribution >= 0.6 is 0 Å². The van der Waals surface area contributed by atoms with Crippen molar-refractivity contribution >= 4 is 23.3 Å². The van der Waals surface area contributed by atoms with E-state index < -0.39 is 58.4 Å². The summed E-state index contributed by atoms with van der Waals surface area (Å²) in [6.07, 6.45) is 1.19. The van der Waals surface area contributed by atoms with Gasteiger partial charge in [0.2, 0.25) is 11.7 Å². The van der Waals surface area contributed by atoms with E-state index in [1.54, 1.807) is 14.1 Å². The summed E-state index contributed by atoms with van der Waals surface area (Å²) in [6.45, 7) is 0. The van der Waals surface area contributed by atoms with Crippen molar-refractivity contribution in [3.05, 3.63) is 33.9 Å². The molecule has 10 nitrogen and oxygen atoms in total. The van der Waals surface area contributed by atoms with Gasteiger partial charge in [-0.05, 0) is 44.8 Å². The Labute approximate surface area is 191 Å². The summed E-state index contributed by atoms with van der Waals surface area (Å²) in [4.78, 5) is 55.3. The van der Waals surface area contributed by atoms with E-state index in [1.165, 1.54) is 4.90 Å². The number of hydrogen-bond acceptors (Lipinski definition) is 9. The quantitative estimate of drug-likeness (QED) is 0.417. The minimum atomic E-state index is -2.68. The summed E-state index contributed by atoms with van der Waals surface area (Å²) >= 11 is 0. The van der Waals surface area contributed by atoms with Crippen molar-refractivity contribution < 1.29 is 34.5 Å². The molecule has 2 saturated carbocycles. The number of primary amides is 1. The molecule has 0 radical (unpaired) electrons. The van der Waals surface area contributed by atoms with E-state index in [0.29, 0.717) is 18.4 Å². The van der Waals surface area contributed by atoms with Crippen molar-refractivity contribution in [3.8, 4) is 0 Å². The van der Waals surface area contributed by atoms with Crippen LogP contribution in [0.5, 0.6) is 0 Å². The molecule has 33 heavy (non-hydrogen) atoms. The summed E-state index contributed by atoms with van der Waals surface area (Å²) in [5.41, 5.74) is 4.25. The third-order valence-corrected chi connectivity index (χ3v) is 7.53. The molecule has 0 aliphatic heterocycles. The van der Waals surface area contributed by atoms with Crippen LogP contribution in [0.4, 0.5) is 0 Å². The fourth-order valence-electron chi connectivity index (χ4n) is 6.10. The van der Waals surface area contributed by atoms with Gasteiger partial charge >= 0.3 is 0 Å². The highest BCUT2D eigenvalue weighted by Crippen LogP contribution is 2.53. The molecule has 0 bridgehead atoms. The minimum Gasteiger partial charge on any atom is -0.512 e. The summed E-state index contributed by atoms with van der Waals surface area (Å²) in [6, 6.07) is -1.09. The zero-order valence-corrected chi connectivity index (χ0v) is 19.1. The van der Waals surface area contributed by atoms with Gasteiger partial charge in [0, 0.05) is 37.7 Å². The molecule has 5 atom stereocenters. The molecule has 4 rings (SSSR count). The predicted molar refractivity (Wildman–Crippen MR) is 116 cm³/mol. The highest BCUT2D eigenvalue weighted by atomic mass is 16.3. The molecule has 0 aromatic rings. The Balaban J connectivity index is 1.93. The zero-order valence-electron chi connectivity index (χ0n) is 19.1. The molecular formula is C23H29N3O7. The maximum Gasteiger partial charge on any atom is 0.235 e. The molecule has 5 N–H and O–H groups in total. The fourth-order valence-corrected chi connectivity index (χ4v) is 6.10. The number of allylic oxidation sites excluding steroid dienone is 3. The van der Waals surface area contributed by atoms with Gasteiger partial charge in [-0.15, -0.1) is 0 Å². The van der Waals surface area contributed by atoms with Crippen LogP contribution in [-0.4, -0.2) is 88.2 Å². The van der Waals surface area contributed by atoms with Crippen LogP contribution in [0.15, 0.2) is 33.9 Å². The van der Waals surface area contributed by atoms with E-state index in [0.717, 1.165) is 5.70 Å². The number of likely N-dealkylation sites (N-methyl/N-ethyl adjacent to an activating group) is 1. The molecule has 0 aromatic carbocycles. The molecule has 0 aromatic heterocycles. The first-order valence-corrected chi connectivity index (χ1v) is 10.9. The molecule has 178 valence electrons. The predicted octanol–water partition coefficient (Wildman–Crippen LogP) is -0.256. The average molecular weight is 459 g/mol. The number of amides is 1. The molecule has 5 unspecified atom stereocenters. The zero-order chi connectivity index (χ0) is 24.6. The minimum absolute atomic E-state index is 0.0612. The van der Waals surface area contributed by atoms with E-state index in [1.807, 2.05) is 19.0 Å². The van der Waals surface area contributed by atoms with Gasteiger partial charge in [-0.3, -0.25) is 24.1 Å². The topological polar surface area (TPSA) is 161 Å². The Kier molecular flexibility index (Phi) is 5.29. The third-order valence-electron chi connectivity index (χ3n) is 7.53. The van der Waals surface area contributed by atoms with Crippen molar-refractivity contribution in [1.29, 1.82) is 0 Å². The number of ketones is 3. The number of carbonyl (C=O) groups excluding carboxylic acids is 4. The fraction of sp³-hybridized carbons (Fsp3) is 0.565. The van der Waals surface area contributed by atoms with Gasteiger partial charge in [0.25, 0.3) is 0 Å². The number of hydrogen-bond donors (Lipinski definition) is 4. The van der Waals surface area contributed by atoms with Crippen LogP contribution < -0.4 is 5.73 Å². The Hall–Kier alpha value is -2.98. The first kappa shape index (κ1) is 23.2. The SMILES string of the molecule is CN(C)C1=C2CC3CC4C(N(C)C)C(=O)C(C(N)=O)C(=O)C4(O)C(=O)C3=C(O)C2=C(O)CC1. The first-order valence-electron chi connectivity index (χ1n) is 10.9. The molecule has 4 aliphatic rings. The number of rotatable bonds is 3. The summed E-state index contributed by atoms with van der Waals surface area (Å²) < 4.78 is 0. The number of Topliss-reactive ketones (excluding diaryl/α,β-unsaturated/α-hetero) is 3. The van der Waals surface area contributed by atoms with E-state index in [4.69, 9.17) is 5.73 Å². The first-order chi connectivity index (χ1) is 15.3. The lowest BCUT2D eigenvalue weighted by Crippen LogP contribution is -2.72. The number of nitrogens with two attached hydrogens (primary N) is 1. The molecule has 0 spiro atoms. The largest absolute Gasteiger partial charge is 0.512 e. The van der Waals surface area contributed by atoms with Gasteiger partial charge in [0.15, 0.2) is 23.1 Å². The number of nitrogens with zero attached hydrogens (tertiary/aromatic N) is 2. The van der Waals surface area contributed by atoms with Gasteiger partial charge in [-0.2, -0.15) is 0 Å². The Morgan fingerprint density at radius 2 is 1.73 bits per heavy atom. The average Bonchev–Trinajstić information content (AvgIpc) is 2.70. The Morgan fingerprint density at radius 3 is 2.27 bits per heavy atom. The van der Waals surface area contributed by atoms with Gasteiger partial charge in [-0.25, -0.2) is 0 Å². The number of carbonyl (C=O) groups is 4. The molecular weight excluding hydrogens is 430 g/mol. The second-order valence-electron chi connectivity index (χ2n) is 9.75. The summed E-state index contributed by atoms with van der Waals surface area (Å²) in [5, 5.41) is 33.2. The highest BCUT2D eigenvalue weighted by molar-refractivity contribution is 6.32. The summed E-state index contributed by atoms with van der Waals surface area (Å²) in [7, 11) is 6.84. The number of fused-ring (bicyclic) bond motifs is 3. The Bertz CT molecular complexity index is 1080. The van der Waals surface area contributed by atoms with E-state index in [2.05, 4.69) is 0 Å². The Morgan fingerprint density at radius 1 is 1.09 bits per heavy atom. The molecule has 4 aliphatic carbocycles. The standard InChI is InChI=1S/C23H29N3O7/c1-25(2)12-5-6-13(27)15-10(12)7-9-8-11-17(26(3)4)19(29)16(22(24)32)21(31)23(11,33)20(30)14(9)18(15)28/h9,11,16-17,27-28,33H,5-8H2,1-4H3,(H2,24,32). The number of aliphatic hydroxyl groups excluding tert-OH is 2. The molecule has 0 saturated heterocycles. The van der Waals surface area contributed by atoms with Crippen molar-refractivity contribution in [2.45, 2.75) is 37.3 Å². The third kappa shape index (κ3) is 3.00. The molecule has 10 heteroatoms. The maximum absolute atomic E-state index is 13.7. The van der Waals surface area contributed by atoms with Crippen LogP contribution in [0.3, 0.4) is 0 Å². The van der Waals surface area contributed by atoms with Gasteiger partial charge in [0.05, 0.1) is 11.6 Å². The van der Waals surface area contributed by atoms with Crippen molar-refractivity contribution in [1.82, 2.24) is 9.80 Å². The van der Waals surface area contributed by atoms with Crippen LogP contribution in [0.2, 0.25) is 0 Å². The van der Waals surface area contributed by atoms with Crippen molar-refractivity contribution in [2.24, 2.45) is 23.5 Å². The second-order valence-corrected chi connectivity index (χ2v) is 9.75. The van der Waals surface area contributed by atoms with E-state index in [9.17, 15) is 34.5 Å². The van der Waals surface area contributed by atoms with Crippen LogP contribution in [0, 0.1) is 17.8 Å². The number of aliphatic hydroxyl groups is 3. The van der Waals surface area contributed by atoms with Gasteiger partial charge in [-0.1, -0.05) is 0 Å². The highest BCUT2D eigenvalue weighted by Gasteiger charge is 2.67. The van der Waals surface area contributed by atoms with E-state index in [-0.39, 0.29) is 29.7 Å². The van der Waals surface area contributed by atoms with Crippen LogP contribution in [0.25, 0.3) is 0 Å².